The molecule has 2 N–H and O–H groups in total. The molecule has 1 aromatic carbocycles. The number of guanidine groups is 1. The monoisotopic (exact) mass is 348 g/mol. The first kappa shape index (κ1) is 20.5. The van der Waals surface area contributed by atoms with Crippen LogP contribution in [-0.2, 0) is 16.0 Å². The van der Waals surface area contributed by atoms with Crippen LogP contribution in [0.1, 0.15) is 47.1 Å². The van der Waals surface area contributed by atoms with E-state index >= 15 is 0 Å². The summed E-state index contributed by atoms with van der Waals surface area (Å²) in [6, 6.07) is 9.81. The molecule has 0 aliphatic heterocycles. The number of alkyl carbamates (subject to hydrolysis) is 1. The Bertz CT molecular complexity index is 615. The fourth-order valence-electron chi connectivity index (χ4n) is 1.73. The Labute approximate surface area is 148 Å². The summed E-state index contributed by atoms with van der Waals surface area (Å²) in [4.78, 5) is 25.3. The minimum Gasteiger partial charge on any atom is -0.444 e. The van der Waals surface area contributed by atoms with E-state index in [1.54, 1.807) is 65.8 Å². The molecule has 0 atom stereocenters. The summed E-state index contributed by atoms with van der Waals surface area (Å²) in [5.41, 5.74) is -0.678. The van der Waals surface area contributed by atoms with Crippen LogP contribution >= 0.6 is 0 Å². The van der Waals surface area contributed by atoms with Crippen LogP contribution in [0.15, 0.2) is 24.3 Å². The summed E-state index contributed by atoms with van der Waals surface area (Å²) in [5.74, 6) is -0.420. The second-order valence-corrected chi connectivity index (χ2v) is 7.45. The van der Waals surface area contributed by atoms with Gasteiger partial charge < -0.3 is 9.47 Å². The molecule has 0 heterocycles. The molecule has 0 spiro atoms. The van der Waals surface area contributed by atoms with Gasteiger partial charge in [0.15, 0.2) is 0 Å². The zero-order chi connectivity index (χ0) is 19.3. The van der Waals surface area contributed by atoms with E-state index in [0.717, 1.165) is 10.5 Å². The van der Waals surface area contributed by atoms with E-state index in [2.05, 4.69) is 11.4 Å². The van der Waals surface area contributed by atoms with Gasteiger partial charge in [-0.3, -0.25) is 10.7 Å². The Morgan fingerprint density at radius 2 is 1.60 bits per heavy atom. The van der Waals surface area contributed by atoms with Gasteiger partial charge in [0.25, 0.3) is 0 Å². The lowest BCUT2D eigenvalue weighted by Crippen LogP contribution is -2.49. The summed E-state index contributed by atoms with van der Waals surface area (Å²) < 4.78 is 10.4. The number of nitrogens with one attached hydrogen (secondary N) is 2. The lowest BCUT2D eigenvalue weighted by molar-refractivity contribution is 0.0346. The highest BCUT2D eigenvalue weighted by atomic mass is 16.6. The fourth-order valence-corrected chi connectivity index (χ4v) is 1.73. The van der Waals surface area contributed by atoms with E-state index in [0.29, 0.717) is 0 Å². The average Bonchev–Trinajstić information content (AvgIpc) is 2.41. The van der Waals surface area contributed by atoms with E-state index in [1.165, 1.54) is 0 Å². The zero-order valence-corrected chi connectivity index (χ0v) is 15.6. The molecule has 0 fully saturated rings. The van der Waals surface area contributed by atoms with E-state index in [-0.39, 0.29) is 6.54 Å². The molecule has 0 aliphatic carbocycles. The van der Waals surface area contributed by atoms with Crippen molar-refractivity contribution < 1.29 is 19.1 Å². The second kappa shape index (κ2) is 8.00. The van der Waals surface area contributed by atoms with Crippen molar-refractivity contribution >= 4 is 18.1 Å². The molecule has 1 radical (unpaired) electrons. The summed E-state index contributed by atoms with van der Waals surface area (Å²) in [6.45, 7) is 10.4. The van der Waals surface area contributed by atoms with E-state index in [9.17, 15) is 9.59 Å². The molecule has 0 aliphatic rings. The van der Waals surface area contributed by atoms with Crippen molar-refractivity contribution in [2.45, 2.75) is 59.3 Å². The molecule has 0 saturated carbocycles. The maximum Gasteiger partial charge on any atom is 0.417 e. The molecule has 137 valence electrons. The number of hydrogen-bond donors (Lipinski definition) is 2. The molecule has 0 unspecified atom stereocenters. The number of nitrogens with zero attached hydrogens (tertiary/aromatic N) is 1. The first-order valence-electron chi connectivity index (χ1n) is 7.91. The minimum absolute atomic E-state index is 0.0677. The fraction of sp³-hybridized carbons (Fsp3) is 0.500. The average molecular weight is 348 g/mol. The first-order valence-corrected chi connectivity index (χ1v) is 7.91. The normalized spacial score (nSPS) is 11.4. The van der Waals surface area contributed by atoms with Gasteiger partial charge in [0.1, 0.15) is 11.2 Å². The first-order chi connectivity index (χ1) is 11.4. The number of amides is 2. The molecule has 0 aromatic heterocycles. The number of carbonyl (C=O) groups is 2. The van der Waals surface area contributed by atoms with E-state index in [1.807, 2.05) is 0 Å². The maximum atomic E-state index is 12.4. The molecule has 0 bridgehead atoms. The van der Waals surface area contributed by atoms with Crippen LogP contribution in [0.25, 0.3) is 0 Å². The highest BCUT2D eigenvalue weighted by molar-refractivity contribution is 5.99. The number of hydrogen-bond acceptors (Lipinski definition) is 5. The largest absolute Gasteiger partial charge is 0.444 e. The lowest BCUT2D eigenvalue weighted by atomic mass is 10.2. The van der Waals surface area contributed by atoms with Gasteiger partial charge >= 0.3 is 12.2 Å². The van der Waals surface area contributed by atoms with Gasteiger partial charge in [-0.15, -0.1) is 0 Å². The molecule has 7 nitrogen and oxygen atoms in total. The lowest BCUT2D eigenvalue weighted by Gasteiger charge is -2.28. The highest BCUT2D eigenvalue weighted by Crippen LogP contribution is 2.13. The molecule has 0 saturated heterocycles. The quantitative estimate of drug-likeness (QED) is 0.630. The van der Waals surface area contributed by atoms with Gasteiger partial charge in [0.2, 0.25) is 5.96 Å². The van der Waals surface area contributed by atoms with Crippen LogP contribution in [-0.4, -0.2) is 34.2 Å². The number of benzene rings is 1. The smallest absolute Gasteiger partial charge is 0.417 e. The van der Waals surface area contributed by atoms with Crippen molar-refractivity contribution in [3.05, 3.63) is 35.9 Å². The Morgan fingerprint density at radius 1 is 1.08 bits per heavy atom. The van der Waals surface area contributed by atoms with Crippen LogP contribution in [0.4, 0.5) is 9.59 Å². The Balaban J connectivity index is 2.91. The van der Waals surface area contributed by atoms with Crippen LogP contribution in [0.3, 0.4) is 0 Å². The summed E-state index contributed by atoms with van der Waals surface area (Å²) in [6.07, 6.45) is -1.55. The van der Waals surface area contributed by atoms with Crippen molar-refractivity contribution in [3.63, 3.8) is 0 Å². The number of rotatable bonds is 2. The SMILES string of the molecule is CC(C)(C)OC(=O)NC(=N)N(Cc1cc[c]cc1)C(=O)OC(C)(C)C. The van der Waals surface area contributed by atoms with Crippen LogP contribution in [0, 0.1) is 11.5 Å². The predicted octanol–water partition coefficient (Wildman–Crippen LogP) is 3.68. The van der Waals surface area contributed by atoms with Crippen molar-refractivity contribution in [1.82, 2.24) is 10.2 Å². The molecule has 7 heteroatoms. The van der Waals surface area contributed by atoms with Crippen LogP contribution in [0.2, 0.25) is 0 Å². The Morgan fingerprint density at radius 3 is 2.08 bits per heavy atom. The third-order valence-corrected chi connectivity index (χ3v) is 2.63. The summed E-state index contributed by atoms with van der Waals surface area (Å²) in [5, 5.41) is 10.3. The maximum absolute atomic E-state index is 12.4. The van der Waals surface area contributed by atoms with Gasteiger partial charge in [0.05, 0.1) is 6.54 Å². The van der Waals surface area contributed by atoms with Gasteiger partial charge in [-0.05, 0) is 53.2 Å². The number of carbonyl (C=O) groups excluding carboxylic acids is 2. The predicted molar refractivity (Wildman–Crippen MR) is 94.2 cm³/mol. The van der Waals surface area contributed by atoms with Gasteiger partial charge in [0, 0.05) is 0 Å². The third kappa shape index (κ3) is 8.19. The van der Waals surface area contributed by atoms with Gasteiger partial charge in [-0.25, -0.2) is 14.5 Å². The molecule has 2 amide bonds. The van der Waals surface area contributed by atoms with Crippen molar-refractivity contribution in [1.29, 1.82) is 5.41 Å². The van der Waals surface area contributed by atoms with E-state index < -0.39 is 29.3 Å². The Kier molecular flexibility index (Phi) is 6.55. The van der Waals surface area contributed by atoms with Crippen molar-refractivity contribution in [2.75, 3.05) is 0 Å². The third-order valence-electron chi connectivity index (χ3n) is 2.63. The number of ether oxygens (including phenoxy) is 2. The molecule has 1 rings (SSSR count). The molecular weight excluding hydrogens is 322 g/mol. The standard InChI is InChI=1S/C18H26N3O4/c1-17(2,3)24-15(22)20-14(19)21(16(23)25-18(4,5)6)12-13-10-8-7-9-11-13/h8-11H,12H2,1-6H3,(H2,19,20,22). The highest BCUT2D eigenvalue weighted by Gasteiger charge is 2.27. The topological polar surface area (TPSA) is 91.7 Å². The summed E-state index contributed by atoms with van der Waals surface area (Å²) in [7, 11) is 0. The van der Waals surface area contributed by atoms with Gasteiger partial charge in [-0.2, -0.15) is 0 Å². The van der Waals surface area contributed by atoms with Crippen molar-refractivity contribution in [2.24, 2.45) is 0 Å². The van der Waals surface area contributed by atoms with Crippen molar-refractivity contribution in [3.8, 4) is 0 Å². The molecular formula is C18H26N3O4. The van der Waals surface area contributed by atoms with E-state index in [4.69, 9.17) is 14.9 Å². The second-order valence-electron chi connectivity index (χ2n) is 7.45. The molecule has 1 aromatic rings. The van der Waals surface area contributed by atoms with Crippen LogP contribution in [0.5, 0.6) is 0 Å². The Hall–Kier alpha value is -2.57. The van der Waals surface area contributed by atoms with Gasteiger partial charge in [-0.1, -0.05) is 24.3 Å². The van der Waals surface area contributed by atoms with Crippen LogP contribution < -0.4 is 5.32 Å². The molecule has 25 heavy (non-hydrogen) atoms. The zero-order valence-electron chi connectivity index (χ0n) is 15.6. The summed E-state index contributed by atoms with van der Waals surface area (Å²) >= 11 is 0. The minimum atomic E-state index is -0.813.